The molecule has 0 amide bonds. The lowest BCUT2D eigenvalue weighted by molar-refractivity contribution is 0.0968. The Balaban J connectivity index is 2.21. The first-order chi connectivity index (χ1) is 11.7. The molecule has 0 heterocycles. The monoisotopic (exact) mass is 326 g/mol. The fourth-order valence-corrected chi connectivity index (χ4v) is 3.46. The summed E-state index contributed by atoms with van der Waals surface area (Å²) in [4.78, 5) is 25.8. The number of fused-ring (bicyclic) bond motifs is 1. The van der Waals surface area contributed by atoms with Crippen molar-refractivity contribution in [1.29, 1.82) is 0 Å². The zero-order valence-corrected chi connectivity index (χ0v) is 15.2. The molecular weight excluding hydrogens is 296 g/mol. The van der Waals surface area contributed by atoms with Crippen LogP contribution in [-0.4, -0.2) is 11.6 Å². The van der Waals surface area contributed by atoms with Gasteiger partial charge in [-0.3, -0.25) is 9.59 Å². The van der Waals surface area contributed by atoms with Gasteiger partial charge in [-0.1, -0.05) is 76.6 Å². The zero-order valence-electron chi connectivity index (χ0n) is 15.2. The first kappa shape index (κ1) is 18.6. The number of carbonyl (C=O) groups excluding carboxylic acids is 2. The smallest absolute Gasteiger partial charge is 0.190 e. The van der Waals surface area contributed by atoms with Gasteiger partial charge in [0.2, 0.25) is 0 Å². The summed E-state index contributed by atoms with van der Waals surface area (Å²) >= 11 is 0. The molecule has 0 aromatic heterocycles. The molecule has 0 unspecified atom stereocenters. The Hall–Kier alpha value is -1.70. The van der Waals surface area contributed by atoms with Crippen molar-refractivity contribution in [3.63, 3.8) is 0 Å². The lowest BCUT2D eigenvalue weighted by Gasteiger charge is -2.21. The average molecular weight is 326 g/mol. The van der Waals surface area contributed by atoms with Gasteiger partial charge in [-0.05, 0) is 25.7 Å². The quantitative estimate of drug-likeness (QED) is 0.473. The molecule has 0 saturated heterocycles. The molecule has 130 valence electrons. The Morgan fingerprint density at radius 2 is 1.04 bits per heavy atom. The molecule has 2 heteroatoms. The number of allylic oxidation sites excluding steroid dienone is 2. The molecule has 2 nitrogen and oxygen atoms in total. The fraction of sp³-hybridized carbons (Fsp3) is 0.545. The van der Waals surface area contributed by atoms with Crippen LogP contribution in [-0.2, 0) is 0 Å². The third-order valence-corrected chi connectivity index (χ3v) is 4.89. The standard InChI is InChI=1S/C22H30O2/c1-3-5-7-9-13-17-18(14-10-8-6-4-2)22(24)20-16-12-11-15-19(20)21(17)23/h11-12,15-16H,3-10,13-14H2,1-2H3. The van der Waals surface area contributed by atoms with E-state index in [2.05, 4.69) is 13.8 Å². The highest BCUT2D eigenvalue weighted by Gasteiger charge is 2.30. The van der Waals surface area contributed by atoms with Crippen LogP contribution in [0.1, 0.15) is 98.8 Å². The lowest BCUT2D eigenvalue weighted by atomic mass is 9.80. The summed E-state index contributed by atoms with van der Waals surface area (Å²) in [6.07, 6.45) is 10.5. The van der Waals surface area contributed by atoms with Crippen LogP contribution < -0.4 is 0 Å². The van der Waals surface area contributed by atoms with Crippen molar-refractivity contribution in [2.45, 2.75) is 78.1 Å². The molecule has 1 aliphatic carbocycles. The highest BCUT2D eigenvalue weighted by Crippen LogP contribution is 2.32. The second kappa shape index (κ2) is 9.56. The highest BCUT2D eigenvalue weighted by atomic mass is 16.1. The zero-order chi connectivity index (χ0) is 17.4. The third kappa shape index (κ3) is 4.43. The van der Waals surface area contributed by atoms with Crippen LogP contribution in [0.5, 0.6) is 0 Å². The number of carbonyl (C=O) groups is 2. The number of ketones is 2. The molecule has 0 radical (unpaired) electrons. The summed E-state index contributed by atoms with van der Waals surface area (Å²) in [6.45, 7) is 4.37. The number of unbranched alkanes of at least 4 members (excludes halogenated alkanes) is 6. The van der Waals surface area contributed by atoms with E-state index < -0.39 is 0 Å². The van der Waals surface area contributed by atoms with Crippen LogP contribution in [0.15, 0.2) is 35.4 Å². The molecule has 0 fully saturated rings. The van der Waals surface area contributed by atoms with Gasteiger partial charge in [-0.25, -0.2) is 0 Å². The molecule has 0 atom stereocenters. The molecule has 0 saturated carbocycles. The van der Waals surface area contributed by atoms with E-state index in [0.29, 0.717) is 11.1 Å². The van der Waals surface area contributed by atoms with E-state index in [4.69, 9.17) is 0 Å². The molecule has 2 rings (SSSR count). The van der Waals surface area contributed by atoms with Crippen molar-refractivity contribution >= 4 is 11.6 Å². The largest absolute Gasteiger partial charge is 0.289 e. The Labute approximate surface area is 146 Å². The normalized spacial score (nSPS) is 14.2. The minimum absolute atomic E-state index is 0.0900. The molecular formula is C22H30O2. The van der Waals surface area contributed by atoms with E-state index >= 15 is 0 Å². The van der Waals surface area contributed by atoms with E-state index in [0.717, 1.165) is 49.7 Å². The highest BCUT2D eigenvalue weighted by molar-refractivity contribution is 6.26. The summed E-state index contributed by atoms with van der Waals surface area (Å²) in [5, 5.41) is 0. The van der Waals surface area contributed by atoms with Gasteiger partial charge in [0, 0.05) is 22.3 Å². The summed E-state index contributed by atoms with van der Waals surface area (Å²) in [5.41, 5.74) is 2.80. The predicted octanol–water partition coefficient (Wildman–Crippen LogP) is 6.30. The minimum Gasteiger partial charge on any atom is -0.289 e. The van der Waals surface area contributed by atoms with E-state index in [9.17, 15) is 9.59 Å². The second-order valence-electron chi connectivity index (χ2n) is 6.78. The van der Waals surface area contributed by atoms with Crippen molar-refractivity contribution in [3.8, 4) is 0 Å². The fourth-order valence-electron chi connectivity index (χ4n) is 3.46. The van der Waals surface area contributed by atoms with E-state index in [1.54, 1.807) is 12.1 Å². The Morgan fingerprint density at radius 1 is 0.625 bits per heavy atom. The molecule has 0 bridgehead atoms. The summed E-state index contributed by atoms with van der Waals surface area (Å²) in [6, 6.07) is 7.31. The third-order valence-electron chi connectivity index (χ3n) is 4.89. The first-order valence-corrected chi connectivity index (χ1v) is 9.61. The van der Waals surface area contributed by atoms with Gasteiger partial charge in [0.1, 0.15) is 0 Å². The van der Waals surface area contributed by atoms with Crippen molar-refractivity contribution in [1.82, 2.24) is 0 Å². The van der Waals surface area contributed by atoms with Gasteiger partial charge in [0.25, 0.3) is 0 Å². The maximum atomic E-state index is 12.9. The van der Waals surface area contributed by atoms with Crippen molar-refractivity contribution in [2.75, 3.05) is 0 Å². The van der Waals surface area contributed by atoms with Crippen LogP contribution in [0.25, 0.3) is 0 Å². The summed E-state index contributed by atoms with van der Waals surface area (Å²) < 4.78 is 0. The minimum atomic E-state index is 0.0900. The lowest BCUT2D eigenvalue weighted by Crippen LogP contribution is -2.22. The summed E-state index contributed by atoms with van der Waals surface area (Å²) in [7, 11) is 0. The van der Waals surface area contributed by atoms with Crippen LogP contribution in [0.2, 0.25) is 0 Å². The SMILES string of the molecule is CCCCCCC1=C(CCCCCC)C(=O)c2ccccc2C1=O. The van der Waals surface area contributed by atoms with Crippen molar-refractivity contribution < 1.29 is 9.59 Å². The molecule has 24 heavy (non-hydrogen) atoms. The predicted molar refractivity (Wildman–Crippen MR) is 99.6 cm³/mol. The Morgan fingerprint density at radius 3 is 1.42 bits per heavy atom. The molecule has 1 aromatic rings. The number of hydrogen-bond donors (Lipinski definition) is 0. The maximum absolute atomic E-state index is 12.9. The molecule has 0 spiro atoms. The topological polar surface area (TPSA) is 34.1 Å². The first-order valence-electron chi connectivity index (χ1n) is 9.61. The van der Waals surface area contributed by atoms with Crippen LogP contribution in [0.4, 0.5) is 0 Å². The van der Waals surface area contributed by atoms with E-state index in [1.807, 2.05) is 12.1 Å². The molecule has 0 N–H and O–H groups in total. The Kier molecular flexibility index (Phi) is 7.42. The van der Waals surface area contributed by atoms with Gasteiger partial charge in [-0.15, -0.1) is 0 Å². The van der Waals surface area contributed by atoms with Gasteiger partial charge in [-0.2, -0.15) is 0 Å². The average Bonchev–Trinajstić information content (AvgIpc) is 2.61. The number of benzene rings is 1. The van der Waals surface area contributed by atoms with Crippen LogP contribution in [0, 0.1) is 0 Å². The van der Waals surface area contributed by atoms with Gasteiger partial charge in [0.15, 0.2) is 11.6 Å². The molecule has 1 aliphatic rings. The number of hydrogen-bond acceptors (Lipinski definition) is 2. The van der Waals surface area contributed by atoms with Crippen LogP contribution in [0.3, 0.4) is 0 Å². The number of rotatable bonds is 10. The van der Waals surface area contributed by atoms with Crippen molar-refractivity contribution in [2.24, 2.45) is 0 Å². The molecule has 1 aromatic carbocycles. The van der Waals surface area contributed by atoms with E-state index in [1.165, 1.54) is 25.7 Å². The van der Waals surface area contributed by atoms with Crippen molar-refractivity contribution in [3.05, 3.63) is 46.5 Å². The summed E-state index contributed by atoms with van der Waals surface area (Å²) in [5.74, 6) is 0.180. The van der Waals surface area contributed by atoms with Gasteiger partial charge < -0.3 is 0 Å². The second-order valence-corrected chi connectivity index (χ2v) is 6.78. The maximum Gasteiger partial charge on any atom is 0.190 e. The van der Waals surface area contributed by atoms with Gasteiger partial charge >= 0.3 is 0 Å². The molecule has 0 aliphatic heterocycles. The number of Topliss-reactive ketones (excluding diaryl/α,β-unsaturated/α-hetero) is 2. The Bertz CT molecular complexity index is 557. The van der Waals surface area contributed by atoms with E-state index in [-0.39, 0.29) is 11.6 Å². The van der Waals surface area contributed by atoms with Gasteiger partial charge in [0.05, 0.1) is 0 Å². The van der Waals surface area contributed by atoms with Crippen LogP contribution >= 0.6 is 0 Å².